The van der Waals surface area contributed by atoms with Crippen molar-refractivity contribution in [2.75, 3.05) is 38.7 Å². The van der Waals surface area contributed by atoms with Crippen molar-refractivity contribution in [2.24, 2.45) is 11.7 Å². The first kappa shape index (κ1) is 38.4. The molecule has 0 aromatic heterocycles. The molecule has 0 aliphatic carbocycles. The van der Waals surface area contributed by atoms with E-state index in [1.54, 1.807) is 32.5 Å². The lowest BCUT2D eigenvalue weighted by atomic mass is 10.0. The first-order valence-electron chi connectivity index (χ1n) is 14.6. The quantitative estimate of drug-likeness (QED) is 0.279. The van der Waals surface area contributed by atoms with Crippen LogP contribution in [0.3, 0.4) is 0 Å². The molecule has 1 aliphatic heterocycles. The van der Waals surface area contributed by atoms with Crippen LogP contribution < -0.4 is 21.7 Å². The van der Waals surface area contributed by atoms with Gasteiger partial charge >= 0.3 is 0 Å². The number of rotatable bonds is 7. The smallest absolute Gasteiger partial charge is 0.300 e. The monoisotopic (exact) mass is 636 g/mol. The molecule has 6 N–H and O–H groups in total. The summed E-state index contributed by atoms with van der Waals surface area (Å²) in [4.78, 5) is 77.6. The zero-order valence-electron chi connectivity index (χ0n) is 26.5. The number of thioether (sulfide) groups is 1. The minimum atomic E-state index is -0.911. The van der Waals surface area contributed by atoms with Gasteiger partial charge < -0.3 is 36.6 Å². The second kappa shape index (κ2) is 19.6. The average molecular weight is 637 g/mol. The maximum absolute atomic E-state index is 13.3. The van der Waals surface area contributed by atoms with Gasteiger partial charge in [-0.05, 0) is 43.3 Å². The molecule has 1 aromatic carbocycles. The van der Waals surface area contributed by atoms with Crippen molar-refractivity contribution >= 4 is 47.3 Å². The number of carbonyl (C=O) groups excluding carboxylic acids is 5. The minimum absolute atomic E-state index is 0.177. The van der Waals surface area contributed by atoms with Gasteiger partial charge in [-0.25, -0.2) is 0 Å². The van der Waals surface area contributed by atoms with E-state index in [0.717, 1.165) is 12.5 Å². The molecule has 1 aromatic rings. The Balaban J connectivity index is 0.00000227. The second-order valence-electron chi connectivity index (χ2n) is 11.0. The van der Waals surface area contributed by atoms with Gasteiger partial charge in [0.25, 0.3) is 5.97 Å². The molecule has 14 heteroatoms. The van der Waals surface area contributed by atoms with E-state index in [9.17, 15) is 24.0 Å². The third-order valence-electron chi connectivity index (χ3n) is 6.88. The standard InChI is InChI=1S/C28H44N6O5S.C2H4O2/c1-18(2)24-28(39)33(4)17-23(35)31-22(16-20-10-7-6-8-11-20)26(37)30-13-9-14-34(19(3)25(36)32-24)27(38)21(29)12-15-40-5;1-2(3)4/h6-8,10-11,18-19,21-22,24H,9,12-17,29H2,1-5H3,(H,30,37)(H,31,35)(H,32,36);1H3,(H,3,4)/t19-,21+,22+,24+;/m1./s1. The molecule has 1 saturated heterocycles. The molecule has 0 spiro atoms. The van der Waals surface area contributed by atoms with E-state index in [2.05, 4.69) is 16.0 Å². The molecule has 0 unspecified atom stereocenters. The van der Waals surface area contributed by atoms with Crippen molar-refractivity contribution < 1.29 is 33.9 Å². The maximum Gasteiger partial charge on any atom is 0.300 e. The fraction of sp³-hybridized carbons (Fsp3) is 0.600. The molecule has 5 amide bonds. The molecule has 1 fully saturated rings. The number of carboxylic acids is 1. The van der Waals surface area contributed by atoms with Crippen LogP contribution in [0.15, 0.2) is 30.3 Å². The van der Waals surface area contributed by atoms with E-state index in [0.29, 0.717) is 18.6 Å². The van der Waals surface area contributed by atoms with E-state index < -0.39 is 47.9 Å². The summed E-state index contributed by atoms with van der Waals surface area (Å²) < 4.78 is 0. The van der Waals surface area contributed by atoms with Crippen LogP contribution in [-0.4, -0.2) is 113 Å². The summed E-state index contributed by atoms with van der Waals surface area (Å²) in [5.74, 6) is -2.58. The van der Waals surface area contributed by atoms with Gasteiger partial charge in [0.2, 0.25) is 29.5 Å². The van der Waals surface area contributed by atoms with Crippen LogP contribution in [0.1, 0.15) is 46.1 Å². The van der Waals surface area contributed by atoms with Crippen molar-refractivity contribution in [3.8, 4) is 0 Å². The minimum Gasteiger partial charge on any atom is -0.481 e. The highest BCUT2D eigenvalue weighted by Gasteiger charge is 2.34. The Morgan fingerprint density at radius 3 is 2.27 bits per heavy atom. The van der Waals surface area contributed by atoms with Crippen LogP contribution in [0.4, 0.5) is 0 Å². The number of nitrogens with one attached hydrogen (secondary N) is 3. The number of carbonyl (C=O) groups is 6. The maximum atomic E-state index is 13.3. The summed E-state index contributed by atoms with van der Waals surface area (Å²) in [6.07, 6.45) is 3.02. The van der Waals surface area contributed by atoms with Crippen LogP contribution in [-0.2, 0) is 35.2 Å². The number of nitrogens with two attached hydrogens (primary N) is 1. The Kier molecular flexibility index (Phi) is 17.1. The number of benzene rings is 1. The predicted octanol–water partition coefficient (Wildman–Crippen LogP) is 0.221. The van der Waals surface area contributed by atoms with Gasteiger partial charge in [-0.3, -0.25) is 28.8 Å². The van der Waals surface area contributed by atoms with E-state index in [1.807, 2.05) is 36.6 Å². The lowest BCUT2D eigenvalue weighted by molar-refractivity contribution is -0.144. The molecule has 0 radical (unpaired) electrons. The molecule has 246 valence electrons. The Bertz CT molecular complexity index is 1120. The topological polar surface area (TPSA) is 191 Å². The third kappa shape index (κ3) is 13.3. The highest BCUT2D eigenvalue weighted by Crippen LogP contribution is 2.12. The molecule has 0 bridgehead atoms. The highest BCUT2D eigenvalue weighted by atomic mass is 32.2. The van der Waals surface area contributed by atoms with Crippen molar-refractivity contribution in [2.45, 2.75) is 71.1 Å². The Labute approximate surface area is 264 Å². The lowest BCUT2D eigenvalue weighted by Gasteiger charge is -2.33. The van der Waals surface area contributed by atoms with E-state index in [1.165, 1.54) is 16.8 Å². The van der Waals surface area contributed by atoms with Gasteiger partial charge in [0.05, 0.1) is 12.6 Å². The van der Waals surface area contributed by atoms with Crippen molar-refractivity contribution in [3.05, 3.63) is 35.9 Å². The van der Waals surface area contributed by atoms with Crippen molar-refractivity contribution in [1.29, 1.82) is 0 Å². The largest absolute Gasteiger partial charge is 0.481 e. The van der Waals surface area contributed by atoms with Gasteiger partial charge in [-0.2, -0.15) is 11.8 Å². The van der Waals surface area contributed by atoms with E-state index >= 15 is 0 Å². The molecular weight excluding hydrogens is 588 g/mol. The summed E-state index contributed by atoms with van der Waals surface area (Å²) in [6.45, 7) is 6.39. The zero-order chi connectivity index (χ0) is 33.4. The fourth-order valence-electron chi connectivity index (χ4n) is 4.42. The molecule has 1 aliphatic rings. The Morgan fingerprint density at radius 2 is 1.70 bits per heavy atom. The first-order valence-corrected chi connectivity index (χ1v) is 16.0. The normalized spacial score (nSPS) is 21.4. The zero-order valence-corrected chi connectivity index (χ0v) is 27.3. The first-order chi connectivity index (χ1) is 20.7. The van der Waals surface area contributed by atoms with Crippen molar-refractivity contribution in [3.63, 3.8) is 0 Å². The molecule has 0 saturated carbocycles. The number of amides is 5. The summed E-state index contributed by atoms with van der Waals surface area (Å²) in [5.41, 5.74) is 7.05. The predicted molar refractivity (Wildman–Crippen MR) is 170 cm³/mol. The summed E-state index contributed by atoms with van der Waals surface area (Å²) in [6, 6.07) is 5.88. The SMILES string of the molecule is CC(=O)O.CSCC[C@H](N)C(=O)N1CCCNC(=O)[C@H](Cc2ccccc2)NC(=O)CN(C)C(=O)[C@H](C(C)C)NC(=O)[C@H]1C. The van der Waals surface area contributed by atoms with Gasteiger partial charge in [0.15, 0.2) is 0 Å². The number of carboxylic acid groups (broad SMARTS) is 1. The van der Waals surface area contributed by atoms with Gasteiger partial charge in [0.1, 0.15) is 18.1 Å². The lowest BCUT2D eigenvalue weighted by Crippen LogP contribution is -2.59. The number of likely N-dealkylation sites (N-methyl/N-ethyl adjacent to an activating group) is 1. The highest BCUT2D eigenvalue weighted by molar-refractivity contribution is 7.98. The summed E-state index contributed by atoms with van der Waals surface area (Å²) in [7, 11) is 1.48. The number of nitrogens with zero attached hydrogens (tertiary/aromatic N) is 2. The number of hydrogen-bond acceptors (Lipinski definition) is 8. The van der Waals surface area contributed by atoms with Crippen LogP contribution in [0.2, 0.25) is 0 Å². The second-order valence-corrected chi connectivity index (χ2v) is 12.0. The molecule has 4 atom stereocenters. The van der Waals surface area contributed by atoms with Gasteiger partial charge in [-0.15, -0.1) is 0 Å². The molecule has 13 nitrogen and oxygen atoms in total. The van der Waals surface area contributed by atoms with Gasteiger partial charge in [0, 0.05) is 33.5 Å². The Hall–Kier alpha value is -3.65. The van der Waals surface area contributed by atoms with Crippen LogP contribution in [0.25, 0.3) is 0 Å². The Morgan fingerprint density at radius 1 is 1.09 bits per heavy atom. The summed E-state index contributed by atoms with van der Waals surface area (Å²) >= 11 is 1.58. The van der Waals surface area contributed by atoms with Crippen LogP contribution >= 0.6 is 11.8 Å². The van der Waals surface area contributed by atoms with Crippen LogP contribution in [0.5, 0.6) is 0 Å². The number of aliphatic carboxylic acids is 1. The van der Waals surface area contributed by atoms with Crippen LogP contribution in [0, 0.1) is 5.92 Å². The average Bonchev–Trinajstić information content (AvgIpc) is 2.96. The fourth-order valence-corrected chi connectivity index (χ4v) is 4.91. The summed E-state index contributed by atoms with van der Waals surface area (Å²) in [5, 5.41) is 15.8. The molecule has 44 heavy (non-hydrogen) atoms. The molecular formula is C30H48N6O7S. The third-order valence-corrected chi connectivity index (χ3v) is 7.52. The van der Waals surface area contributed by atoms with Crippen molar-refractivity contribution in [1.82, 2.24) is 25.8 Å². The van der Waals surface area contributed by atoms with E-state index in [4.69, 9.17) is 15.6 Å². The molecule has 2 rings (SSSR count). The van der Waals surface area contributed by atoms with E-state index in [-0.39, 0.29) is 43.8 Å². The number of hydrogen-bond donors (Lipinski definition) is 5. The van der Waals surface area contributed by atoms with Gasteiger partial charge in [-0.1, -0.05) is 44.2 Å². The molecule has 1 heterocycles.